The van der Waals surface area contributed by atoms with E-state index < -0.39 is 5.97 Å². The molecule has 0 saturated heterocycles. The number of carbonyl (C=O) groups is 1. The molecule has 4 heteroatoms. The summed E-state index contributed by atoms with van der Waals surface area (Å²) in [5, 5.41) is 30.4. The molecular weight excluding hydrogens is 400 g/mol. The third kappa shape index (κ3) is 5.52. The molecule has 2 fully saturated rings. The molecule has 32 heavy (non-hydrogen) atoms. The van der Waals surface area contributed by atoms with Crippen molar-refractivity contribution in [3.8, 4) is 0 Å². The van der Waals surface area contributed by atoms with Gasteiger partial charge in [-0.25, -0.2) is 4.79 Å². The first-order chi connectivity index (χ1) is 15.5. The third-order valence-electron chi connectivity index (χ3n) is 8.06. The fourth-order valence-electron chi connectivity index (χ4n) is 6.28. The van der Waals surface area contributed by atoms with Crippen molar-refractivity contribution in [1.82, 2.24) is 0 Å². The summed E-state index contributed by atoms with van der Waals surface area (Å²) in [5.41, 5.74) is 2.88. The van der Waals surface area contributed by atoms with E-state index in [0.717, 1.165) is 63.4 Å². The number of aromatic carboxylic acids is 1. The molecule has 0 aromatic heterocycles. The van der Waals surface area contributed by atoms with E-state index in [9.17, 15) is 20.1 Å². The standard InChI is InChI=1S/C28H38O4/c29-26(21-11-4-5-12-21)15-14-24-25-17-19(16-22(25)18-27(24)30)8-2-1-3-9-20-10-6-7-13-23(20)28(31)32/h6-7,10,13-16,21-22,24-27,29-30H,1-5,8-9,11-12,17-18H2,(H,31,32)/t22-,24-,25-,26+,27+/m0/s1. The molecule has 5 atom stereocenters. The van der Waals surface area contributed by atoms with Crippen molar-refractivity contribution >= 4 is 5.97 Å². The van der Waals surface area contributed by atoms with Crippen LogP contribution < -0.4 is 0 Å². The van der Waals surface area contributed by atoms with Gasteiger partial charge in [0.2, 0.25) is 0 Å². The minimum absolute atomic E-state index is 0.164. The number of carboxylic acid groups (broad SMARTS) is 1. The number of hydrogen-bond acceptors (Lipinski definition) is 3. The first kappa shape index (κ1) is 23.3. The molecule has 0 amide bonds. The van der Waals surface area contributed by atoms with E-state index in [4.69, 9.17) is 0 Å². The largest absolute Gasteiger partial charge is 0.478 e. The summed E-state index contributed by atoms with van der Waals surface area (Å²) < 4.78 is 0. The van der Waals surface area contributed by atoms with Crippen molar-refractivity contribution in [2.75, 3.05) is 0 Å². The summed E-state index contributed by atoms with van der Waals surface area (Å²) >= 11 is 0. The first-order valence-corrected chi connectivity index (χ1v) is 12.6. The molecule has 0 unspecified atom stereocenters. The van der Waals surface area contributed by atoms with Gasteiger partial charge in [-0.1, -0.05) is 61.3 Å². The summed E-state index contributed by atoms with van der Waals surface area (Å²) in [4.78, 5) is 11.3. The fourth-order valence-corrected chi connectivity index (χ4v) is 6.28. The second-order valence-electron chi connectivity index (χ2n) is 10.2. The van der Waals surface area contributed by atoms with Crippen LogP contribution in [-0.2, 0) is 6.42 Å². The maximum Gasteiger partial charge on any atom is 0.335 e. The van der Waals surface area contributed by atoms with Crippen molar-refractivity contribution in [3.63, 3.8) is 0 Å². The topological polar surface area (TPSA) is 77.8 Å². The predicted molar refractivity (Wildman–Crippen MR) is 126 cm³/mol. The number of fused-ring (bicyclic) bond motifs is 1. The second kappa shape index (κ2) is 10.8. The van der Waals surface area contributed by atoms with Gasteiger partial charge in [-0.15, -0.1) is 0 Å². The Kier molecular flexibility index (Phi) is 7.85. The lowest BCUT2D eigenvalue weighted by Crippen LogP contribution is -2.19. The highest BCUT2D eigenvalue weighted by atomic mass is 16.4. The van der Waals surface area contributed by atoms with E-state index in [1.807, 2.05) is 18.2 Å². The molecule has 0 aliphatic heterocycles. The Hall–Kier alpha value is -1.91. The molecule has 4 nitrogen and oxygen atoms in total. The number of aliphatic hydroxyl groups is 2. The Morgan fingerprint density at radius 2 is 1.84 bits per heavy atom. The zero-order valence-electron chi connectivity index (χ0n) is 19.0. The van der Waals surface area contributed by atoms with Crippen molar-refractivity contribution in [2.24, 2.45) is 23.7 Å². The Labute approximate surface area is 192 Å². The van der Waals surface area contributed by atoms with Crippen LogP contribution in [0, 0.1) is 23.7 Å². The van der Waals surface area contributed by atoms with Gasteiger partial charge < -0.3 is 15.3 Å². The van der Waals surface area contributed by atoms with Gasteiger partial charge in [-0.2, -0.15) is 0 Å². The van der Waals surface area contributed by atoms with Crippen LogP contribution in [0.25, 0.3) is 0 Å². The summed E-state index contributed by atoms with van der Waals surface area (Å²) in [7, 11) is 0. The summed E-state index contributed by atoms with van der Waals surface area (Å²) in [5.74, 6) is 0.678. The first-order valence-electron chi connectivity index (χ1n) is 12.6. The minimum Gasteiger partial charge on any atom is -0.478 e. The van der Waals surface area contributed by atoms with Crippen LogP contribution >= 0.6 is 0 Å². The molecule has 0 spiro atoms. The Morgan fingerprint density at radius 1 is 1.09 bits per heavy atom. The van der Waals surface area contributed by atoms with Gasteiger partial charge in [-0.3, -0.25) is 0 Å². The van der Waals surface area contributed by atoms with Crippen LogP contribution in [0.1, 0.15) is 80.1 Å². The van der Waals surface area contributed by atoms with Gasteiger partial charge >= 0.3 is 5.97 Å². The number of aryl methyl sites for hydroxylation is 1. The minimum atomic E-state index is -0.843. The van der Waals surface area contributed by atoms with Crippen molar-refractivity contribution in [3.05, 3.63) is 59.2 Å². The molecule has 3 N–H and O–H groups in total. The molecule has 3 aliphatic rings. The molecule has 1 aromatic rings. The van der Waals surface area contributed by atoms with Crippen molar-refractivity contribution < 1.29 is 20.1 Å². The predicted octanol–water partition coefficient (Wildman–Crippen LogP) is 5.54. The quantitative estimate of drug-likeness (QED) is 0.331. The van der Waals surface area contributed by atoms with Gasteiger partial charge in [-0.05, 0) is 80.8 Å². The molecule has 2 saturated carbocycles. The van der Waals surface area contributed by atoms with E-state index in [0.29, 0.717) is 23.3 Å². The van der Waals surface area contributed by atoms with Crippen LogP contribution in [0.2, 0.25) is 0 Å². The number of allylic oxidation sites excluding steroid dienone is 2. The number of carboxylic acids is 1. The Bertz CT molecular complexity index is 836. The van der Waals surface area contributed by atoms with Crippen LogP contribution in [0.5, 0.6) is 0 Å². The summed E-state index contributed by atoms with van der Waals surface area (Å²) in [6.45, 7) is 0. The van der Waals surface area contributed by atoms with Crippen LogP contribution in [0.15, 0.2) is 48.1 Å². The van der Waals surface area contributed by atoms with E-state index in [2.05, 4.69) is 12.2 Å². The number of aliphatic hydroxyl groups excluding tert-OH is 2. The summed E-state index contributed by atoms with van der Waals surface area (Å²) in [6, 6.07) is 7.31. The molecule has 0 heterocycles. The monoisotopic (exact) mass is 438 g/mol. The third-order valence-corrected chi connectivity index (χ3v) is 8.06. The van der Waals surface area contributed by atoms with Crippen LogP contribution in [0.3, 0.4) is 0 Å². The van der Waals surface area contributed by atoms with Gasteiger partial charge in [0.25, 0.3) is 0 Å². The van der Waals surface area contributed by atoms with Gasteiger partial charge in [0.1, 0.15) is 0 Å². The van der Waals surface area contributed by atoms with E-state index in [-0.39, 0.29) is 18.1 Å². The number of rotatable bonds is 10. The average molecular weight is 439 g/mol. The summed E-state index contributed by atoms with van der Waals surface area (Å²) in [6.07, 6.45) is 17.6. The zero-order valence-corrected chi connectivity index (χ0v) is 19.0. The van der Waals surface area contributed by atoms with E-state index >= 15 is 0 Å². The highest BCUT2D eigenvalue weighted by Gasteiger charge is 2.43. The molecule has 0 bridgehead atoms. The molecule has 1 aromatic carbocycles. The maximum atomic E-state index is 11.3. The normalized spacial score (nSPS) is 28.9. The highest BCUT2D eigenvalue weighted by Crippen LogP contribution is 2.48. The Morgan fingerprint density at radius 3 is 2.62 bits per heavy atom. The molecule has 3 aliphatic carbocycles. The van der Waals surface area contributed by atoms with Crippen LogP contribution in [-0.4, -0.2) is 33.5 Å². The lowest BCUT2D eigenvalue weighted by atomic mass is 9.88. The van der Waals surface area contributed by atoms with Gasteiger partial charge in [0, 0.05) is 5.92 Å². The zero-order chi connectivity index (χ0) is 22.5. The Balaban J connectivity index is 1.21. The lowest BCUT2D eigenvalue weighted by molar-refractivity contribution is 0.0695. The van der Waals surface area contributed by atoms with Gasteiger partial charge in [0.05, 0.1) is 17.8 Å². The average Bonchev–Trinajstić information content (AvgIpc) is 3.49. The molecule has 174 valence electrons. The molecule has 4 rings (SSSR count). The molecular formula is C28H38O4. The maximum absolute atomic E-state index is 11.3. The fraction of sp³-hybridized carbons (Fsp3) is 0.607. The van der Waals surface area contributed by atoms with E-state index in [1.54, 1.807) is 12.1 Å². The smallest absolute Gasteiger partial charge is 0.335 e. The van der Waals surface area contributed by atoms with Crippen LogP contribution in [0.4, 0.5) is 0 Å². The van der Waals surface area contributed by atoms with E-state index in [1.165, 1.54) is 18.4 Å². The number of benzene rings is 1. The number of unbranched alkanes of at least 4 members (excludes halogenated alkanes) is 2. The number of hydrogen-bond donors (Lipinski definition) is 3. The lowest BCUT2D eigenvalue weighted by Gasteiger charge is -2.20. The van der Waals surface area contributed by atoms with Crippen molar-refractivity contribution in [1.29, 1.82) is 0 Å². The van der Waals surface area contributed by atoms with Gasteiger partial charge in [0.15, 0.2) is 0 Å². The SMILES string of the molecule is O=C(O)c1ccccc1CCCCCC1=C[C@H]2C[C@@H](O)[C@@H](C=C[C@@H](O)C3CCCC3)[C@H]2C1. The molecule has 0 radical (unpaired) electrons. The second-order valence-corrected chi connectivity index (χ2v) is 10.2. The highest BCUT2D eigenvalue weighted by molar-refractivity contribution is 5.89. The van der Waals surface area contributed by atoms with Crippen molar-refractivity contribution in [2.45, 2.75) is 82.8 Å².